The Morgan fingerprint density at radius 3 is 2.08 bits per heavy atom. The van der Waals surface area contributed by atoms with Crippen molar-refractivity contribution in [3.8, 4) is 0 Å². The zero-order valence-corrected chi connectivity index (χ0v) is 16.8. The third kappa shape index (κ3) is 9.68. The van der Waals surface area contributed by atoms with Gasteiger partial charge in [-0.3, -0.25) is 0 Å². The molecule has 1 rings (SSSR count). The summed E-state index contributed by atoms with van der Waals surface area (Å²) in [5.74, 6) is 0. The van der Waals surface area contributed by atoms with E-state index in [0.717, 1.165) is 12.8 Å². The molecule has 1 atom stereocenters. The SMILES string of the molecule is O=C(OCC1CCCCN1C(=O)OCC(Cl)(Cl)Cl)OCC(Cl)(Cl)Cl. The molecule has 0 N–H and O–H groups in total. The number of alkyl halides is 6. The number of piperidine rings is 1. The molecule has 1 aliphatic heterocycles. The van der Waals surface area contributed by atoms with E-state index >= 15 is 0 Å². The zero-order chi connectivity index (χ0) is 18.4. The van der Waals surface area contributed by atoms with Gasteiger partial charge in [-0.1, -0.05) is 69.6 Å². The van der Waals surface area contributed by atoms with Crippen LogP contribution in [0.25, 0.3) is 0 Å². The molecule has 0 radical (unpaired) electrons. The molecule has 0 bridgehead atoms. The van der Waals surface area contributed by atoms with Gasteiger partial charge in [-0.05, 0) is 19.3 Å². The minimum absolute atomic E-state index is 0.0818. The summed E-state index contributed by atoms with van der Waals surface area (Å²) in [5, 5.41) is 0. The molecule has 1 aliphatic rings. The number of hydrogen-bond donors (Lipinski definition) is 0. The molecule has 1 amide bonds. The van der Waals surface area contributed by atoms with E-state index in [4.69, 9.17) is 79.1 Å². The molecule has 0 aromatic carbocycles. The quantitative estimate of drug-likeness (QED) is 0.437. The lowest BCUT2D eigenvalue weighted by Crippen LogP contribution is -2.47. The van der Waals surface area contributed by atoms with Crippen molar-refractivity contribution in [2.75, 3.05) is 26.4 Å². The Bertz CT molecular complexity index is 439. The molecule has 1 heterocycles. The lowest BCUT2D eigenvalue weighted by Gasteiger charge is -2.34. The average Bonchev–Trinajstić information content (AvgIpc) is 2.47. The van der Waals surface area contributed by atoms with Gasteiger partial charge >= 0.3 is 12.2 Å². The summed E-state index contributed by atoms with van der Waals surface area (Å²) < 4.78 is 11.1. The van der Waals surface area contributed by atoms with E-state index in [9.17, 15) is 9.59 Å². The lowest BCUT2D eigenvalue weighted by molar-refractivity contribution is 0.0181. The van der Waals surface area contributed by atoms with Crippen LogP contribution in [0.5, 0.6) is 0 Å². The molecule has 1 unspecified atom stereocenters. The average molecular weight is 466 g/mol. The van der Waals surface area contributed by atoms with Crippen LogP contribution in [-0.2, 0) is 14.2 Å². The van der Waals surface area contributed by atoms with Crippen LogP contribution in [0.4, 0.5) is 9.59 Å². The van der Waals surface area contributed by atoms with Crippen molar-refractivity contribution >= 4 is 81.9 Å². The fourth-order valence-electron chi connectivity index (χ4n) is 1.99. The molecule has 0 aromatic heterocycles. The number of rotatable bonds is 4. The van der Waals surface area contributed by atoms with Gasteiger partial charge in [0, 0.05) is 6.54 Å². The molecule has 0 aliphatic carbocycles. The van der Waals surface area contributed by atoms with Crippen molar-refractivity contribution < 1.29 is 23.8 Å². The van der Waals surface area contributed by atoms with Crippen LogP contribution in [0.15, 0.2) is 0 Å². The van der Waals surface area contributed by atoms with Crippen molar-refractivity contribution in [3.05, 3.63) is 0 Å². The number of carbonyl (C=O) groups excluding carboxylic acids is 2. The molecule has 0 saturated carbocycles. The number of likely N-dealkylation sites (tertiary alicyclic amines) is 1. The summed E-state index contributed by atoms with van der Waals surface area (Å²) in [4.78, 5) is 24.9. The maximum absolute atomic E-state index is 12.1. The Balaban J connectivity index is 2.46. The molecule has 140 valence electrons. The molecule has 1 saturated heterocycles. The summed E-state index contributed by atoms with van der Waals surface area (Å²) >= 11 is 33.0. The first-order chi connectivity index (χ1) is 11.0. The van der Waals surface area contributed by atoms with E-state index in [1.54, 1.807) is 0 Å². The summed E-state index contributed by atoms with van der Waals surface area (Å²) in [6.07, 6.45) is 0.633. The number of amides is 1. The van der Waals surface area contributed by atoms with E-state index in [2.05, 4.69) is 4.74 Å². The first-order valence-corrected chi connectivity index (χ1v) is 9.11. The Kier molecular flexibility index (Phi) is 9.15. The second-order valence-corrected chi connectivity index (χ2v) is 10.0. The van der Waals surface area contributed by atoms with Crippen molar-refractivity contribution in [2.24, 2.45) is 0 Å². The predicted octanol–water partition coefficient (Wildman–Crippen LogP) is 4.87. The Morgan fingerprint density at radius 1 is 0.917 bits per heavy atom. The van der Waals surface area contributed by atoms with Gasteiger partial charge in [-0.25, -0.2) is 9.59 Å². The summed E-state index contributed by atoms with van der Waals surface area (Å²) in [7, 11) is 0. The Hall–Kier alpha value is 0.280. The zero-order valence-electron chi connectivity index (χ0n) is 12.3. The Labute approximate surface area is 169 Å². The minimum atomic E-state index is -1.73. The van der Waals surface area contributed by atoms with Crippen molar-refractivity contribution in [2.45, 2.75) is 32.9 Å². The highest BCUT2D eigenvalue weighted by Crippen LogP contribution is 2.27. The monoisotopic (exact) mass is 463 g/mol. The number of ether oxygens (including phenoxy) is 3. The van der Waals surface area contributed by atoms with Gasteiger partial charge in [0.05, 0.1) is 6.04 Å². The summed E-state index contributed by atoms with van der Waals surface area (Å²) in [6, 6.07) is -0.373. The third-order valence-electron chi connectivity index (χ3n) is 2.97. The first kappa shape index (κ1) is 22.3. The predicted molar refractivity (Wildman–Crippen MR) is 93.6 cm³/mol. The molecule has 0 spiro atoms. The van der Waals surface area contributed by atoms with Gasteiger partial charge < -0.3 is 19.1 Å². The van der Waals surface area contributed by atoms with E-state index in [0.29, 0.717) is 13.0 Å². The molecular weight excluding hydrogens is 451 g/mol. The van der Waals surface area contributed by atoms with Crippen LogP contribution in [0.2, 0.25) is 0 Å². The number of hydrogen-bond acceptors (Lipinski definition) is 5. The fraction of sp³-hybridized carbons (Fsp3) is 0.833. The standard InChI is InChI=1S/C12H15Cl6NO5/c13-11(14,15)6-23-9(20)19-4-2-1-3-8(19)5-22-10(21)24-7-12(16,17)18/h8H,1-7H2. The van der Waals surface area contributed by atoms with Crippen LogP contribution in [-0.4, -0.2) is 57.1 Å². The molecular formula is C12H15Cl6NO5. The smallest absolute Gasteiger partial charge is 0.445 e. The molecule has 24 heavy (non-hydrogen) atoms. The van der Waals surface area contributed by atoms with Gasteiger partial charge in [0.25, 0.3) is 0 Å². The number of carbonyl (C=O) groups is 2. The molecule has 6 nitrogen and oxygen atoms in total. The maximum atomic E-state index is 12.1. The van der Waals surface area contributed by atoms with Gasteiger partial charge in [-0.2, -0.15) is 0 Å². The molecule has 12 heteroatoms. The topological polar surface area (TPSA) is 65.1 Å². The van der Waals surface area contributed by atoms with Crippen LogP contribution >= 0.6 is 69.6 Å². The van der Waals surface area contributed by atoms with Gasteiger partial charge in [0.2, 0.25) is 7.59 Å². The maximum Gasteiger partial charge on any atom is 0.508 e. The number of halogens is 6. The largest absolute Gasteiger partial charge is 0.508 e. The highest BCUT2D eigenvalue weighted by molar-refractivity contribution is 6.68. The second-order valence-electron chi connectivity index (χ2n) is 4.98. The second kappa shape index (κ2) is 9.83. The van der Waals surface area contributed by atoms with E-state index in [1.807, 2.05) is 0 Å². The number of nitrogens with zero attached hydrogens (tertiary/aromatic N) is 1. The van der Waals surface area contributed by atoms with Gasteiger partial charge in [-0.15, -0.1) is 0 Å². The highest BCUT2D eigenvalue weighted by atomic mass is 35.6. The van der Waals surface area contributed by atoms with Crippen molar-refractivity contribution in [3.63, 3.8) is 0 Å². The van der Waals surface area contributed by atoms with Gasteiger partial charge in [0.1, 0.15) is 19.8 Å². The van der Waals surface area contributed by atoms with Crippen LogP contribution < -0.4 is 0 Å². The molecule has 1 fully saturated rings. The highest BCUT2D eigenvalue weighted by Gasteiger charge is 2.31. The third-order valence-corrected chi connectivity index (χ3v) is 3.62. The molecule has 0 aromatic rings. The van der Waals surface area contributed by atoms with Gasteiger partial charge in [0.15, 0.2) is 0 Å². The van der Waals surface area contributed by atoms with E-state index in [1.165, 1.54) is 4.90 Å². The van der Waals surface area contributed by atoms with E-state index in [-0.39, 0.29) is 19.3 Å². The van der Waals surface area contributed by atoms with Crippen LogP contribution in [0.3, 0.4) is 0 Å². The van der Waals surface area contributed by atoms with Crippen molar-refractivity contribution in [1.29, 1.82) is 0 Å². The fourth-order valence-corrected chi connectivity index (χ4v) is 2.31. The summed E-state index contributed by atoms with van der Waals surface area (Å²) in [6.45, 7) is -0.473. The van der Waals surface area contributed by atoms with Crippen molar-refractivity contribution in [1.82, 2.24) is 4.90 Å². The van der Waals surface area contributed by atoms with Crippen LogP contribution in [0.1, 0.15) is 19.3 Å². The van der Waals surface area contributed by atoms with E-state index < -0.39 is 26.4 Å². The summed E-state index contributed by atoms with van der Waals surface area (Å²) in [5.41, 5.74) is 0. The lowest BCUT2D eigenvalue weighted by atomic mass is 10.0. The van der Waals surface area contributed by atoms with Crippen LogP contribution in [0, 0.1) is 0 Å². The minimum Gasteiger partial charge on any atom is -0.445 e. The Morgan fingerprint density at radius 2 is 1.50 bits per heavy atom. The first-order valence-electron chi connectivity index (χ1n) is 6.84. The normalized spacial score (nSPS) is 18.9.